The fourth-order valence-electron chi connectivity index (χ4n) is 2.36. The Morgan fingerprint density at radius 2 is 1.68 bits per heavy atom. The van der Waals surface area contributed by atoms with Gasteiger partial charge in [0.1, 0.15) is 0 Å². The lowest BCUT2D eigenvalue weighted by Gasteiger charge is -2.32. The van der Waals surface area contributed by atoms with Crippen LogP contribution in [0.3, 0.4) is 0 Å². The molecule has 0 radical (unpaired) electrons. The van der Waals surface area contributed by atoms with Crippen molar-refractivity contribution in [2.24, 2.45) is 0 Å². The number of benzene rings is 1. The second-order valence-corrected chi connectivity index (χ2v) is 10.0. The highest BCUT2D eigenvalue weighted by atomic mass is 32.2. The van der Waals surface area contributed by atoms with E-state index in [1.165, 1.54) is 6.07 Å². The van der Waals surface area contributed by atoms with Gasteiger partial charge in [0.25, 0.3) is 0 Å². The second-order valence-electron chi connectivity index (χ2n) is 8.24. The summed E-state index contributed by atoms with van der Waals surface area (Å²) in [5.74, 6) is 0. The van der Waals surface area contributed by atoms with Crippen LogP contribution in [0.25, 0.3) is 0 Å². The molecule has 140 valence electrons. The molecule has 1 fully saturated rings. The van der Waals surface area contributed by atoms with Gasteiger partial charge in [-0.3, -0.25) is 0 Å². The summed E-state index contributed by atoms with van der Waals surface area (Å²) in [4.78, 5) is 0.118. The Morgan fingerprint density at radius 3 is 2.16 bits per heavy atom. The number of nitrogens with one attached hydrogen (secondary N) is 1. The van der Waals surface area contributed by atoms with Crippen molar-refractivity contribution < 1.29 is 22.8 Å². The largest absolute Gasteiger partial charge is 0.495 e. The SMILES string of the molecule is Cc1ccc(S(=O)(=O)NCC(C)(C)O)cc1B1OC(C)(C)C(C)(C)O1. The summed E-state index contributed by atoms with van der Waals surface area (Å²) >= 11 is 0. The summed E-state index contributed by atoms with van der Waals surface area (Å²) in [6.07, 6.45) is 0. The topological polar surface area (TPSA) is 84.9 Å². The van der Waals surface area contributed by atoms with Gasteiger partial charge in [-0.2, -0.15) is 0 Å². The van der Waals surface area contributed by atoms with Gasteiger partial charge in [0.2, 0.25) is 10.0 Å². The minimum Gasteiger partial charge on any atom is -0.399 e. The third kappa shape index (κ3) is 4.43. The van der Waals surface area contributed by atoms with E-state index in [-0.39, 0.29) is 11.4 Å². The molecule has 1 heterocycles. The van der Waals surface area contributed by atoms with E-state index in [2.05, 4.69) is 4.72 Å². The van der Waals surface area contributed by atoms with Crippen LogP contribution in [-0.2, 0) is 19.3 Å². The molecule has 25 heavy (non-hydrogen) atoms. The van der Waals surface area contributed by atoms with Crippen molar-refractivity contribution in [3.8, 4) is 0 Å². The third-order valence-corrected chi connectivity index (χ3v) is 6.16. The maximum Gasteiger partial charge on any atom is 0.495 e. The number of rotatable bonds is 5. The van der Waals surface area contributed by atoms with Crippen LogP contribution in [0.2, 0.25) is 0 Å². The van der Waals surface area contributed by atoms with Gasteiger partial charge in [-0.05, 0) is 66.1 Å². The molecule has 8 heteroatoms. The molecule has 6 nitrogen and oxygen atoms in total. The smallest absolute Gasteiger partial charge is 0.399 e. The van der Waals surface area contributed by atoms with Gasteiger partial charge in [-0.25, -0.2) is 13.1 Å². The number of hydrogen-bond acceptors (Lipinski definition) is 5. The fourth-order valence-corrected chi connectivity index (χ4v) is 3.60. The highest BCUT2D eigenvalue weighted by Gasteiger charge is 2.52. The zero-order valence-corrected chi connectivity index (χ0v) is 16.8. The first-order valence-electron chi connectivity index (χ1n) is 8.33. The highest BCUT2D eigenvalue weighted by Crippen LogP contribution is 2.36. The van der Waals surface area contributed by atoms with Crippen molar-refractivity contribution in [3.05, 3.63) is 23.8 Å². The molecule has 0 spiro atoms. The zero-order valence-electron chi connectivity index (χ0n) is 16.0. The maximum absolute atomic E-state index is 12.5. The highest BCUT2D eigenvalue weighted by molar-refractivity contribution is 7.89. The Morgan fingerprint density at radius 1 is 1.16 bits per heavy atom. The van der Waals surface area contributed by atoms with Gasteiger partial charge < -0.3 is 14.4 Å². The molecule has 0 saturated carbocycles. The van der Waals surface area contributed by atoms with Gasteiger partial charge in [-0.1, -0.05) is 11.6 Å². The summed E-state index contributed by atoms with van der Waals surface area (Å²) in [6, 6.07) is 4.85. The maximum atomic E-state index is 12.5. The molecule has 2 N–H and O–H groups in total. The summed E-state index contributed by atoms with van der Waals surface area (Å²) in [5, 5.41) is 9.75. The molecule has 0 aliphatic carbocycles. The van der Waals surface area contributed by atoms with Crippen molar-refractivity contribution in [2.45, 2.75) is 70.2 Å². The Bertz CT molecular complexity index is 737. The summed E-state index contributed by atoms with van der Waals surface area (Å²) in [7, 11) is -4.37. The molecule has 0 amide bonds. The Labute approximate surface area is 151 Å². The van der Waals surface area contributed by atoms with Crippen LogP contribution >= 0.6 is 0 Å². The minimum absolute atomic E-state index is 0.0744. The van der Waals surface area contributed by atoms with Gasteiger partial charge in [-0.15, -0.1) is 0 Å². The van der Waals surface area contributed by atoms with E-state index in [1.54, 1.807) is 26.0 Å². The van der Waals surface area contributed by atoms with E-state index in [4.69, 9.17) is 9.31 Å². The molecule has 1 aliphatic rings. The molecule has 2 rings (SSSR count). The molecular weight excluding hydrogens is 341 g/mol. The molecule has 0 bridgehead atoms. The van der Waals surface area contributed by atoms with Crippen molar-refractivity contribution in [3.63, 3.8) is 0 Å². The quantitative estimate of drug-likeness (QED) is 0.766. The molecule has 1 aromatic carbocycles. The average molecular weight is 369 g/mol. The van der Waals surface area contributed by atoms with Crippen molar-refractivity contribution in [2.75, 3.05) is 6.54 Å². The first-order valence-corrected chi connectivity index (χ1v) is 9.81. The fraction of sp³-hybridized carbons (Fsp3) is 0.647. The van der Waals surface area contributed by atoms with Crippen molar-refractivity contribution in [1.29, 1.82) is 0 Å². The lowest BCUT2D eigenvalue weighted by molar-refractivity contribution is 0.00578. The molecular formula is C17H28BNO5S. The molecule has 1 aromatic rings. The molecule has 1 aliphatic heterocycles. The normalized spacial score (nSPS) is 20.1. The van der Waals surface area contributed by atoms with Gasteiger partial charge in [0, 0.05) is 6.54 Å². The minimum atomic E-state index is -3.74. The Balaban J connectivity index is 2.33. The van der Waals surface area contributed by atoms with Gasteiger partial charge in [0.15, 0.2) is 0 Å². The average Bonchev–Trinajstić information content (AvgIpc) is 2.65. The summed E-state index contributed by atoms with van der Waals surface area (Å²) in [5.41, 5.74) is -0.562. The van der Waals surface area contributed by atoms with Gasteiger partial charge in [0.05, 0.1) is 21.7 Å². The zero-order chi connectivity index (χ0) is 19.3. The second kappa shape index (κ2) is 6.35. The van der Waals surface area contributed by atoms with Crippen LogP contribution in [-0.4, -0.2) is 44.0 Å². The first kappa shape index (κ1) is 20.4. The molecule has 0 atom stereocenters. The van der Waals surface area contributed by atoms with Crippen molar-refractivity contribution in [1.82, 2.24) is 4.72 Å². The summed E-state index contributed by atoms with van der Waals surface area (Å²) in [6.45, 7) is 12.7. The monoisotopic (exact) mass is 369 g/mol. The number of aryl methyl sites for hydroxylation is 1. The first-order chi connectivity index (χ1) is 11.1. The molecule has 0 aromatic heterocycles. The molecule has 1 saturated heterocycles. The lowest BCUT2D eigenvalue weighted by atomic mass is 9.76. The van der Waals surface area contributed by atoms with Crippen LogP contribution in [0, 0.1) is 6.92 Å². The number of sulfonamides is 1. The van der Waals surface area contributed by atoms with Gasteiger partial charge >= 0.3 is 7.12 Å². The van der Waals surface area contributed by atoms with E-state index in [0.29, 0.717) is 5.46 Å². The predicted octanol–water partition coefficient (Wildman–Crippen LogP) is 1.34. The van der Waals surface area contributed by atoms with E-state index in [9.17, 15) is 13.5 Å². The standard InChI is InChI=1S/C17H28BNO5S/c1-12-8-9-13(25(21,22)19-11-15(2,3)20)10-14(12)18-23-16(4,5)17(6,7)24-18/h8-10,19-20H,11H2,1-7H3. The number of aliphatic hydroxyl groups is 1. The van der Waals surface area contributed by atoms with E-state index in [0.717, 1.165) is 5.56 Å². The third-order valence-electron chi connectivity index (χ3n) is 4.76. The van der Waals surface area contributed by atoms with Crippen molar-refractivity contribution >= 4 is 22.6 Å². The van der Waals surface area contributed by atoms with E-state index in [1.807, 2.05) is 34.6 Å². The van der Waals surface area contributed by atoms with Crippen LogP contribution in [0.5, 0.6) is 0 Å². The Hall–Kier alpha value is -0.925. The number of hydrogen-bond donors (Lipinski definition) is 2. The Kier molecular flexibility index (Phi) is 5.18. The van der Waals surface area contributed by atoms with E-state index < -0.39 is 33.9 Å². The lowest BCUT2D eigenvalue weighted by Crippen LogP contribution is -2.41. The van der Waals surface area contributed by atoms with Crippen LogP contribution < -0.4 is 10.2 Å². The van der Waals surface area contributed by atoms with Crippen LogP contribution in [0.15, 0.2) is 23.1 Å². The van der Waals surface area contributed by atoms with Crippen LogP contribution in [0.4, 0.5) is 0 Å². The summed E-state index contributed by atoms with van der Waals surface area (Å²) < 4.78 is 39.5. The molecule has 0 unspecified atom stereocenters. The van der Waals surface area contributed by atoms with E-state index >= 15 is 0 Å². The predicted molar refractivity (Wildman–Crippen MR) is 98.4 cm³/mol. The van der Waals surface area contributed by atoms with Crippen LogP contribution in [0.1, 0.15) is 47.1 Å².